The highest BCUT2D eigenvalue weighted by Gasteiger charge is 2.61. The summed E-state index contributed by atoms with van der Waals surface area (Å²) in [6.45, 7) is -0.110. The summed E-state index contributed by atoms with van der Waals surface area (Å²) >= 11 is 0. The summed E-state index contributed by atoms with van der Waals surface area (Å²) in [5.41, 5.74) is 1.22. The molecule has 6 rings (SSSR count). The van der Waals surface area contributed by atoms with Gasteiger partial charge in [-0.25, -0.2) is 0 Å². The van der Waals surface area contributed by atoms with Crippen molar-refractivity contribution in [2.45, 2.75) is 6.42 Å². The van der Waals surface area contributed by atoms with Gasteiger partial charge in [0.05, 0.1) is 13.0 Å². The van der Waals surface area contributed by atoms with Crippen molar-refractivity contribution in [3.05, 3.63) is 66.2 Å². The second-order valence-corrected chi connectivity index (χ2v) is 9.18. The quantitative estimate of drug-likeness (QED) is 0.351. The van der Waals surface area contributed by atoms with E-state index in [1.807, 2.05) is 6.07 Å². The van der Waals surface area contributed by atoms with E-state index in [1.165, 1.54) is 0 Å². The van der Waals surface area contributed by atoms with E-state index in [2.05, 4.69) is 12.2 Å². The summed E-state index contributed by atoms with van der Waals surface area (Å²) in [4.78, 5) is 39.4. The molecule has 170 valence electrons. The van der Waals surface area contributed by atoms with E-state index < -0.39 is 0 Å². The lowest BCUT2D eigenvalue weighted by Crippen LogP contribution is -2.48. The van der Waals surface area contributed by atoms with Crippen LogP contribution in [0.15, 0.2) is 60.7 Å². The number of ketones is 1. The number of benzene rings is 2. The molecule has 0 heterocycles. The van der Waals surface area contributed by atoms with Gasteiger partial charge in [-0.2, -0.15) is 0 Å². The molecule has 6 atom stereocenters. The zero-order chi connectivity index (χ0) is 23.1. The second-order valence-electron chi connectivity index (χ2n) is 9.18. The van der Waals surface area contributed by atoms with Crippen LogP contribution in [-0.2, 0) is 9.59 Å². The van der Waals surface area contributed by atoms with Gasteiger partial charge >= 0.3 is 0 Å². The number of carbonyl (C=O) groups excluding carboxylic acids is 3. The van der Waals surface area contributed by atoms with Gasteiger partial charge in [0.1, 0.15) is 17.8 Å². The number of hydrogen-bond donors (Lipinski definition) is 0. The van der Waals surface area contributed by atoms with Gasteiger partial charge in [0.15, 0.2) is 12.4 Å². The molecule has 2 saturated carbocycles. The Morgan fingerprint density at radius 1 is 1.03 bits per heavy atom. The molecule has 0 N–H and O–H groups in total. The minimum absolute atomic E-state index is 0.0386. The Morgan fingerprint density at radius 3 is 2.48 bits per heavy atom. The summed E-state index contributed by atoms with van der Waals surface area (Å²) < 4.78 is 10.8. The van der Waals surface area contributed by atoms with Crippen LogP contribution in [0.1, 0.15) is 16.8 Å². The molecule has 0 saturated heterocycles. The van der Waals surface area contributed by atoms with Crippen molar-refractivity contribution in [2.75, 3.05) is 25.7 Å². The fourth-order valence-electron chi connectivity index (χ4n) is 5.61. The van der Waals surface area contributed by atoms with Crippen molar-refractivity contribution >= 4 is 23.7 Å². The highest BCUT2D eigenvalue weighted by atomic mass is 16.5. The zero-order valence-corrected chi connectivity index (χ0v) is 18.7. The molecule has 2 aromatic rings. The number of anilines is 1. The van der Waals surface area contributed by atoms with Crippen LogP contribution < -0.4 is 14.4 Å². The third-order valence-corrected chi connectivity index (χ3v) is 7.47. The first-order chi connectivity index (χ1) is 16.0. The SMILES string of the molecule is COc1ccc(C(=O)COc2cccc(N(C)C(=O)C3C(C=O)C4C=CC3C3CC43)c2)cc1. The van der Waals surface area contributed by atoms with E-state index in [1.54, 1.807) is 61.5 Å². The number of allylic oxidation sites excluding steroid dienone is 2. The Kier molecular flexibility index (Phi) is 5.52. The van der Waals surface area contributed by atoms with Crippen LogP contribution >= 0.6 is 0 Å². The number of ether oxygens (including phenoxy) is 2. The van der Waals surface area contributed by atoms with Crippen molar-refractivity contribution in [3.63, 3.8) is 0 Å². The summed E-state index contributed by atoms with van der Waals surface area (Å²) in [7, 11) is 3.31. The van der Waals surface area contributed by atoms with Gasteiger partial charge in [0.2, 0.25) is 5.91 Å². The minimum atomic E-state index is -0.313. The van der Waals surface area contributed by atoms with Gasteiger partial charge in [0, 0.05) is 30.3 Å². The number of fused-ring (bicyclic) bond motifs is 1. The molecule has 33 heavy (non-hydrogen) atoms. The highest BCUT2D eigenvalue weighted by molar-refractivity contribution is 5.98. The van der Waals surface area contributed by atoms with Crippen LogP contribution in [0.25, 0.3) is 0 Å². The van der Waals surface area contributed by atoms with E-state index in [9.17, 15) is 14.4 Å². The lowest BCUT2D eigenvalue weighted by Gasteiger charge is -2.42. The first-order valence-electron chi connectivity index (χ1n) is 11.3. The van der Waals surface area contributed by atoms with Crippen molar-refractivity contribution in [1.29, 1.82) is 0 Å². The van der Waals surface area contributed by atoms with Crippen molar-refractivity contribution < 1.29 is 23.9 Å². The molecule has 2 bridgehead atoms. The van der Waals surface area contributed by atoms with E-state index in [4.69, 9.17) is 9.47 Å². The summed E-state index contributed by atoms with van der Waals surface area (Å²) in [5.74, 6) is 1.89. The third kappa shape index (κ3) is 3.84. The van der Waals surface area contributed by atoms with Crippen molar-refractivity contribution in [1.82, 2.24) is 0 Å². The molecule has 4 aliphatic rings. The molecule has 6 nitrogen and oxygen atoms in total. The Hall–Kier alpha value is -3.41. The molecule has 2 fully saturated rings. The fraction of sp³-hybridized carbons (Fsp3) is 0.370. The molecule has 4 aliphatic carbocycles. The van der Waals surface area contributed by atoms with Gasteiger partial charge in [-0.3, -0.25) is 9.59 Å². The third-order valence-electron chi connectivity index (χ3n) is 7.47. The number of amides is 1. The Balaban J connectivity index is 1.26. The van der Waals surface area contributed by atoms with Crippen LogP contribution in [0.2, 0.25) is 0 Å². The van der Waals surface area contributed by atoms with Crippen LogP contribution in [0.4, 0.5) is 5.69 Å². The molecule has 0 aromatic heterocycles. The maximum Gasteiger partial charge on any atom is 0.231 e. The summed E-state index contributed by atoms with van der Waals surface area (Å²) in [6, 6.07) is 14.0. The van der Waals surface area contributed by atoms with Crippen LogP contribution in [0.3, 0.4) is 0 Å². The Morgan fingerprint density at radius 2 is 1.76 bits per heavy atom. The predicted molar refractivity (Wildman–Crippen MR) is 123 cm³/mol. The zero-order valence-electron chi connectivity index (χ0n) is 18.7. The molecule has 0 aliphatic heterocycles. The van der Waals surface area contributed by atoms with E-state index in [-0.39, 0.29) is 42.0 Å². The van der Waals surface area contributed by atoms with Crippen LogP contribution in [0.5, 0.6) is 11.5 Å². The minimum Gasteiger partial charge on any atom is -0.497 e. The number of nitrogens with zero attached hydrogens (tertiary/aromatic N) is 1. The maximum atomic E-state index is 13.5. The fourth-order valence-corrected chi connectivity index (χ4v) is 5.61. The largest absolute Gasteiger partial charge is 0.497 e. The lowest BCUT2D eigenvalue weighted by atomic mass is 9.62. The monoisotopic (exact) mass is 445 g/mol. The van der Waals surface area contributed by atoms with E-state index >= 15 is 0 Å². The summed E-state index contributed by atoms with van der Waals surface area (Å²) in [5, 5.41) is 0. The highest BCUT2D eigenvalue weighted by Crippen LogP contribution is 2.63. The molecular formula is C27H27NO5. The van der Waals surface area contributed by atoms with Gasteiger partial charge in [-0.1, -0.05) is 18.2 Å². The number of methoxy groups -OCH3 is 1. The number of carbonyl (C=O) groups is 3. The van der Waals surface area contributed by atoms with Crippen LogP contribution in [0, 0.1) is 35.5 Å². The molecule has 0 radical (unpaired) electrons. The normalized spacial score (nSPS) is 28.5. The van der Waals surface area contributed by atoms with Gasteiger partial charge < -0.3 is 19.2 Å². The first-order valence-corrected chi connectivity index (χ1v) is 11.3. The van der Waals surface area contributed by atoms with Gasteiger partial charge in [0.25, 0.3) is 0 Å². The average molecular weight is 446 g/mol. The Labute approximate surface area is 193 Å². The number of Topliss-reactive ketones (excluding diaryl/α,β-unsaturated/α-hetero) is 1. The molecule has 1 amide bonds. The van der Waals surface area contributed by atoms with Crippen molar-refractivity contribution in [3.8, 4) is 11.5 Å². The van der Waals surface area contributed by atoms with E-state index in [0.29, 0.717) is 34.6 Å². The van der Waals surface area contributed by atoms with Crippen LogP contribution in [-0.4, -0.2) is 38.7 Å². The molecule has 2 aromatic carbocycles. The molecule has 6 heteroatoms. The van der Waals surface area contributed by atoms with Gasteiger partial charge in [-0.05, 0) is 66.5 Å². The number of aldehydes is 1. The molecular weight excluding hydrogens is 418 g/mol. The average Bonchev–Trinajstić information content (AvgIpc) is 3.69. The van der Waals surface area contributed by atoms with Gasteiger partial charge in [-0.15, -0.1) is 0 Å². The van der Waals surface area contributed by atoms with Crippen molar-refractivity contribution in [2.24, 2.45) is 35.5 Å². The number of hydrogen-bond acceptors (Lipinski definition) is 5. The molecule has 6 unspecified atom stereocenters. The smallest absolute Gasteiger partial charge is 0.231 e. The Bertz CT molecular complexity index is 1110. The number of rotatable bonds is 8. The summed E-state index contributed by atoms with van der Waals surface area (Å²) in [6.07, 6.45) is 6.40. The lowest BCUT2D eigenvalue weighted by molar-refractivity contribution is -0.132. The topological polar surface area (TPSA) is 72.9 Å². The molecule has 0 spiro atoms. The standard InChI is InChI=1S/C27H27NO5/c1-28(27(31)26-21-11-10-20(24(26)14-29)22-13-23(21)22)17-4-3-5-19(12-17)33-15-25(30)16-6-8-18(32-2)9-7-16/h3-12,14,20-24,26H,13,15H2,1-2H3. The van der Waals surface area contributed by atoms with E-state index in [0.717, 1.165) is 12.7 Å². The first kappa shape index (κ1) is 21.4. The predicted octanol–water partition coefficient (Wildman–Crippen LogP) is 3.80. The maximum absolute atomic E-state index is 13.5. The second kappa shape index (κ2) is 8.50.